The van der Waals surface area contributed by atoms with Crippen molar-refractivity contribution < 1.29 is 4.74 Å². The quantitative estimate of drug-likeness (QED) is 0.478. The molecule has 0 atom stereocenters. The highest BCUT2D eigenvalue weighted by atomic mass is 32.1. The maximum absolute atomic E-state index is 5.70. The molecule has 1 saturated carbocycles. The highest BCUT2D eigenvalue weighted by Crippen LogP contribution is 2.17. The Morgan fingerprint density at radius 1 is 1.32 bits per heavy atom. The molecule has 1 aromatic carbocycles. The third kappa shape index (κ3) is 5.64. The Balaban J connectivity index is 1.82. The van der Waals surface area contributed by atoms with Gasteiger partial charge in [0.25, 0.3) is 0 Å². The molecule has 1 aromatic rings. The van der Waals surface area contributed by atoms with E-state index in [1.807, 2.05) is 24.3 Å². The average molecular weight is 319 g/mol. The van der Waals surface area contributed by atoms with E-state index in [1.165, 1.54) is 32.1 Å². The summed E-state index contributed by atoms with van der Waals surface area (Å²) >= 11 is 5.29. The molecular formula is C17H25N3OS. The van der Waals surface area contributed by atoms with Gasteiger partial charge in [0.05, 0.1) is 12.8 Å². The summed E-state index contributed by atoms with van der Waals surface area (Å²) in [5.41, 5.74) is 3.84. The van der Waals surface area contributed by atoms with Crippen molar-refractivity contribution in [3.63, 3.8) is 0 Å². The van der Waals surface area contributed by atoms with Gasteiger partial charge in [-0.1, -0.05) is 38.3 Å². The zero-order valence-electron chi connectivity index (χ0n) is 13.2. The van der Waals surface area contributed by atoms with Crippen LogP contribution >= 0.6 is 12.2 Å². The fraction of sp³-hybridized carbons (Fsp3) is 0.529. The number of benzene rings is 1. The average Bonchev–Trinajstić information content (AvgIpc) is 2.55. The monoisotopic (exact) mass is 319 g/mol. The second kappa shape index (κ2) is 9.41. The molecular weight excluding hydrogens is 294 g/mol. The molecule has 0 unspecified atom stereocenters. The predicted molar refractivity (Wildman–Crippen MR) is 95.6 cm³/mol. The maximum Gasteiger partial charge on any atom is 0.187 e. The van der Waals surface area contributed by atoms with Crippen LogP contribution in [0.3, 0.4) is 0 Å². The third-order valence-corrected chi connectivity index (χ3v) is 3.90. The van der Waals surface area contributed by atoms with Crippen LogP contribution in [-0.2, 0) is 0 Å². The van der Waals surface area contributed by atoms with Crippen LogP contribution in [0.5, 0.6) is 5.75 Å². The smallest absolute Gasteiger partial charge is 0.187 e. The van der Waals surface area contributed by atoms with Gasteiger partial charge in [0.1, 0.15) is 5.75 Å². The number of hydrogen-bond acceptors (Lipinski definition) is 3. The fourth-order valence-corrected chi connectivity index (χ4v) is 2.78. The predicted octanol–water partition coefficient (Wildman–Crippen LogP) is 3.61. The van der Waals surface area contributed by atoms with Crippen molar-refractivity contribution >= 4 is 23.5 Å². The highest BCUT2D eigenvalue weighted by Gasteiger charge is 2.13. The van der Waals surface area contributed by atoms with Gasteiger partial charge >= 0.3 is 0 Å². The minimum Gasteiger partial charge on any atom is -0.493 e. The summed E-state index contributed by atoms with van der Waals surface area (Å²) in [6.07, 6.45) is 9.03. The largest absolute Gasteiger partial charge is 0.493 e. The van der Waals surface area contributed by atoms with Crippen molar-refractivity contribution in [1.29, 1.82) is 0 Å². The summed E-state index contributed by atoms with van der Waals surface area (Å²) in [6, 6.07) is 8.36. The number of hydrazone groups is 1. The normalized spacial score (nSPS) is 15.7. The topological polar surface area (TPSA) is 45.6 Å². The molecule has 0 aromatic heterocycles. The first kappa shape index (κ1) is 16.7. The summed E-state index contributed by atoms with van der Waals surface area (Å²) < 4.78 is 5.70. The maximum atomic E-state index is 5.70. The number of nitrogens with one attached hydrogen (secondary N) is 2. The molecule has 0 aliphatic heterocycles. The number of ether oxygens (including phenoxy) is 1. The van der Waals surface area contributed by atoms with Crippen LogP contribution in [0, 0.1) is 0 Å². The van der Waals surface area contributed by atoms with Gasteiger partial charge in [-0.3, -0.25) is 5.43 Å². The Labute approximate surface area is 138 Å². The van der Waals surface area contributed by atoms with E-state index in [4.69, 9.17) is 17.0 Å². The lowest BCUT2D eigenvalue weighted by Crippen LogP contribution is -2.40. The molecule has 5 heteroatoms. The molecule has 120 valence electrons. The molecule has 22 heavy (non-hydrogen) atoms. The summed E-state index contributed by atoms with van der Waals surface area (Å²) in [7, 11) is 0. The van der Waals surface area contributed by atoms with Crippen molar-refractivity contribution in [2.45, 2.75) is 51.5 Å². The lowest BCUT2D eigenvalue weighted by atomic mass is 9.96. The van der Waals surface area contributed by atoms with Crippen LogP contribution in [0.25, 0.3) is 0 Å². The minimum absolute atomic E-state index is 0.490. The van der Waals surface area contributed by atoms with Gasteiger partial charge in [0.15, 0.2) is 5.11 Å². The molecule has 1 aliphatic rings. The van der Waals surface area contributed by atoms with Crippen molar-refractivity contribution in [3.05, 3.63) is 29.8 Å². The molecule has 4 nitrogen and oxygen atoms in total. The van der Waals surface area contributed by atoms with Gasteiger partial charge in [-0.2, -0.15) is 5.10 Å². The standard InChI is InChI=1S/C17H25N3OS/c1-2-12-21-16-11-7-6-8-14(16)13-18-20-17(22)19-15-9-4-3-5-10-15/h6-8,11,13,15H,2-5,9-10,12H2,1H3,(H2,19,20,22)/b18-13+. The van der Waals surface area contributed by atoms with Gasteiger partial charge in [0.2, 0.25) is 0 Å². The van der Waals surface area contributed by atoms with Gasteiger partial charge in [-0.15, -0.1) is 0 Å². The molecule has 0 bridgehead atoms. The SMILES string of the molecule is CCCOc1ccccc1/C=N/NC(=S)NC1CCCCC1. The number of hydrogen-bond donors (Lipinski definition) is 2. The first-order valence-electron chi connectivity index (χ1n) is 8.11. The van der Waals surface area contributed by atoms with E-state index in [1.54, 1.807) is 6.21 Å². The molecule has 1 aliphatic carbocycles. The van der Waals surface area contributed by atoms with E-state index in [2.05, 4.69) is 22.8 Å². The second-order valence-corrected chi connectivity index (χ2v) is 5.97. The fourth-order valence-electron chi connectivity index (χ4n) is 2.56. The molecule has 2 rings (SSSR count). The van der Waals surface area contributed by atoms with Crippen LogP contribution in [0.2, 0.25) is 0 Å². The van der Waals surface area contributed by atoms with Crippen LogP contribution in [0.15, 0.2) is 29.4 Å². The molecule has 0 amide bonds. The molecule has 1 fully saturated rings. The zero-order valence-corrected chi connectivity index (χ0v) is 14.0. The molecule has 0 saturated heterocycles. The van der Waals surface area contributed by atoms with E-state index in [9.17, 15) is 0 Å². The Morgan fingerprint density at radius 3 is 2.86 bits per heavy atom. The van der Waals surface area contributed by atoms with Gasteiger partial charge in [-0.25, -0.2) is 0 Å². The Bertz CT molecular complexity index is 498. The van der Waals surface area contributed by atoms with E-state index in [0.29, 0.717) is 17.8 Å². The highest BCUT2D eigenvalue weighted by molar-refractivity contribution is 7.80. The molecule has 0 spiro atoms. The number of nitrogens with zero attached hydrogens (tertiary/aromatic N) is 1. The number of para-hydroxylation sites is 1. The first-order chi connectivity index (χ1) is 10.8. The number of thiocarbonyl (C=S) groups is 1. The summed E-state index contributed by atoms with van der Waals surface area (Å²) in [5.74, 6) is 0.848. The van der Waals surface area contributed by atoms with E-state index in [-0.39, 0.29) is 0 Å². The van der Waals surface area contributed by atoms with Crippen molar-refractivity contribution in [3.8, 4) is 5.75 Å². The van der Waals surface area contributed by atoms with E-state index < -0.39 is 0 Å². The number of rotatable bonds is 6. The van der Waals surface area contributed by atoms with Crippen LogP contribution in [0.1, 0.15) is 51.0 Å². The lowest BCUT2D eigenvalue weighted by Gasteiger charge is -2.23. The Morgan fingerprint density at radius 2 is 2.09 bits per heavy atom. The second-order valence-electron chi connectivity index (χ2n) is 5.56. The van der Waals surface area contributed by atoms with Crippen molar-refractivity contribution in [1.82, 2.24) is 10.7 Å². The molecule has 0 radical (unpaired) electrons. The van der Waals surface area contributed by atoms with Crippen molar-refractivity contribution in [2.24, 2.45) is 5.10 Å². The Kier molecular flexibility index (Phi) is 7.16. The Hall–Kier alpha value is -1.62. The van der Waals surface area contributed by atoms with Gasteiger partial charge in [-0.05, 0) is 43.6 Å². The van der Waals surface area contributed by atoms with Crippen LogP contribution in [0.4, 0.5) is 0 Å². The molecule has 0 heterocycles. The van der Waals surface area contributed by atoms with Crippen molar-refractivity contribution in [2.75, 3.05) is 6.61 Å². The molecule has 2 N–H and O–H groups in total. The van der Waals surface area contributed by atoms with Gasteiger partial charge in [0, 0.05) is 11.6 Å². The van der Waals surface area contributed by atoms with Crippen LogP contribution < -0.4 is 15.5 Å². The van der Waals surface area contributed by atoms with E-state index >= 15 is 0 Å². The van der Waals surface area contributed by atoms with Gasteiger partial charge < -0.3 is 10.1 Å². The zero-order chi connectivity index (χ0) is 15.6. The van der Waals surface area contributed by atoms with E-state index in [0.717, 1.165) is 17.7 Å². The third-order valence-electron chi connectivity index (χ3n) is 3.69. The first-order valence-corrected chi connectivity index (χ1v) is 8.52. The lowest BCUT2D eigenvalue weighted by molar-refractivity contribution is 0.317. The van der Waals surface area contributed by atoms with Crippen LogP contribution in [-0.4, -0.2) is 24.0 Å². The summed E-state index contributed by atoms with van der Waals surface area (Å²) in [5, 5.41) is 8.14. The summed E-state index contributed by atoms with van der Waals surface area (Å²) in [6.45, 7) is 2.80. The minimum atomic E-state index is 0.490. The summed E-state index contributed by atoms with van der Waals surface area (Å²) in [4.78, 5) is 0.